The third-order valence-electron chi connectivity index (χ3n) is 6.17. The molecule has 1 unspecified atom stereocenters. The van der Waals surface area contributed by atoms with Crippen molar-refractivity contribution in [2.24, 2.45) is 15.4 Å². The zero-order chi connectivity index (χ0) is 24.1. The number of nitrogens with zero attached hydrogens (tertiary/aromatic N) is 5. The molecular formula is C27H39N6O+. The van der Waals surface area contributed by atoms with E-state index in [1.165, 1.54) is 51.4 Å². The summed E-state index contributed by atoms with van der Waals surface area (Å²) >= 11 is 0. The second kappa shape index (κ2) is 13.7. The molecule has 7 nitrogen and oxygen atoms in total. The molecule has 7 heteroatoms. The molecule has 0 spiro atoms. The van der Waals surface area contributed by atoms with Crippen LogP contribution in [0.5, 0.6) is 0 Å². The minimum Gasteiger partial charge on any atom is -0.310 e. The van der Waals surface area contributed by atoms with Crippen molar-refractivity contribution in [3.63, 3.8) is 0 Å². The number of aromatic nitrogens is 1. The standard InChI is InChI=1S/C27H38N6O/c1-3-4-5-6-7-8-9-10-11-15-21-33(24-18-13-12-14-19-24)31-25(30-32-33)22-26(34)29-27-23(2)17-16-20-28-27/h12-14,16-20H,3-11,15,21-22H2,1-2H3/p+1. The molecule has 1 aliphatic rings. The van der Waals surface area contributed by atoms with Crippen molar-refractivity contribution in [2.75, 3.05) is 11.9 Å². The van der Waals surface area contributed by atoms with E-state index in [-0.39, 0.29) is 17.0 Å². The van der Waals surface area contributed by atoms with E-state index in [0.717, 1.165) is 30.6 Å². The van der Waals surface area contributed by atoms with Crippen molar-refractivity contribution in [2.45, 2.75) is 84.5 Å². The normalized spacial score (nSPS) is 17.1. The maximum atomic E-state index is 12.6. The molecule has 1 aromatic heterocycles. The number of pyridine rings is 1. The van der Waals surface area contributed by atoms with Gasteiger partial charge in [-0.15, -0.1) is 0 Å². The molecule has 0 saturated carbocycles. The number of amides is 1. The van der Waals surface area contributed by atoms with Crippen LogP contribution >= 0.6 is 0 Å². The lowest BCUT2D eigenvalue weighted by Crippen LogP contribution is -2.37. The first-order valence-corrected chi connectivity index (χ1v) is 12.8. The highest BCUT2D eigenvalue weighted by atomic mass is 16.1. The van der Waals surface area contributed by atoms with Gasteiger partial charge in [-0.05, 0) is 34.8 Å². The summed E-state index contributed by atoms with van der Waals surface area (Å²) < 4.78 is 0.0864. The van der Waals surface area contributed by atoms with Crippen molar-refractivity contribution >= 4 is 23.2 Å². The fraction of sp³-hybridized carbons (Fsp3) is 0.519. The number of benzene rings is 1. The van der Waals surface area contributed by atoms with Crippen LogP contribution in [0, 0.1) is 6.92 Å². The van der Waals surface area contributed by atoms with Gasteiger partial charge in [-0.3, -0.25) is 4.79 Å². The largest absolute Gasteiger partial charge is 0.310 e. The van der Waals surface area contributed by atoms with Gasteiger partial charge < -0.3 is 5.32 Å². The van der Waals surface area contributed by atoms with Crippen molar-refractivity contribution in [1.29, 1.82) is 0 Å². The van der Waals surface area contributed by atoms with Gasteiger partial charge in [0.2, 0.25) is 11.7 Å². The van der Waals surface area contributed by atoms with Gasteiger partial charge in [-0.1, -0.05) is 87.7 Å². The summed E-state index contributed by atoms with van der Waals surface area (Å²) in [4.78, 5) is 16.8. The lowest BCUT2D eigenvalue weighted by atomic mass is 10.1. The summed E-state index contributed by atoms with van der Waals surface area (Å²) in [5.41, 5.74) is 1.89. The Hall–Kier alpha value is -2.93. The predicted molar refractivity (Wildman–Crippen MR) is 139 cm³/mol. The van der Waals surface area contributed by atoms with Crippen LogP contribution < -0.4 is 10.0 Å². The summed E-state index contributed by atoms with van der Waals surface area (Å²) in [5.74, 6) is 0.825. The molecule has 1 aromatic carbocycles. The second-order valence-corrected chi connectivity index (χ2v) is 9.07. The number of carbonyl (C=O) groups excluding carboxylic acids is 1. The zero-order valence-corrected chi connectivity index (χ0v) is 20.7. The summed E-state index contributed by atoms with van der Waals surface area (Å²) in [6.45, 7) is 4.92. The van der Waals surface area contributed by atoms with Crippen LogP contribution in [0.15, 0.2) is 64.1 Å². The maximum absolute atomic E-state index is 12.6. The molecule has 34 heavy (non-hydrogen) atoms. The average Bonchev–Trinajstić information content (AvgIpc) is 3.26. The number of anilines is 1. The molecule has 1 N–H and O–H groups in total. The number of unbranched alkanes of at least 4 members (excludes halogenated alkanes) is 9. The highest BCUT2D eigenvalue weighted by molar-refractivity contribution is 6.06. The Kier molecular flexibility index (Phi) is 10.3. The Morgan fingerprint density at radius 2 is 1.56 bits per heavy atom. The Bertz CT molecular complexity index is 959. The van der Waals surface area contributed by atoms with Crippen LogP contribution in [-0.2, 0) is 4.79 Å². The highest BCUT2D eigenvalue weighted by Crippen LogP contribution is 2.30. The van der Waals surface area contributed by atoms with Gasteiger partial charge in [0.05, 0.1) is 11.6 Å². The number of carbonyl (C=O) groups is 1. The fourth-order valence-electron chi connectivity index (χ4n) is 4.18. The molecule has 1 amide bonds. The van der Waals surface area contributed by atoms with Crippen LogP contribution in [0.2, 0.25) is 0 Å². The molecule has 182 valence electrons. The molecule has 2 heterocycles. The second-order valence-electron chi connectivity index (χ2n) is 9.07. The molecule has 0 saturated heterocycles. The number of para-hydroxylation sites is 1. The van der Waals surface area contributed by atoms with Gasteiger partial charge in [-0.25, -0.2) is 4.98 Å². The topological polar surface area (TPSA) is 79.1 Å². The van der Waals surface area contributed by atoms with Gasteiger partial charge in [0.1, 0.15) is 12.4 Å². The fourth-order valence-corrected chi connectivity index (χ4v) is 4.18. The van der Waals surface area contributed by atoms with E-state index in [9.17, 15) is 4.79 Å². The van der Waals surface area contributed by atoms with Gasteiger partial charge in [0.25, 0.3) is 0 Å². The average molecular weight is 464 g/mol. The first-order chi connectivity index (χ1) is 16.6. The molecule has 3 rings (SSSR count). The van der Waals surface area contributed by atoms with Gasteiger partial charge in [0.15, 0.2) is 5.69 Å². The number of hydrogen-bond donors (Lipinski definition) is 1. The van der Waals surface area contributed by atoms with Crippen molar-refractivity contribution in [3.05, 3.63) is 54.2 Å². The predicted octanol–water partition coefficient (Wildman–Crippen LogP) is 7.34. The lowest BCUT2D eigenvalue weighted by Gasteiger charge is -2.20. The van der Waals surface area contributed by atoms with E-state index in [4.69, 9.17) is 5.10 Å². The van der Waals surface area contributed by atoms with Gasteiger partial charge in [0, 0.05) is 24.8 Å². The number of rotatable bonds is 15. The Morgan fingerprint density at radius 1 is 0.882 bits per heavy atom. The molecule has 0 radical (unpaired) electrons. The van der Waals surface area contributed by atoms with Crippen LogP contribution in [0.25, 0.3) is 0 Å². The summed E-state index contributed by atoms with van der Waals surface area (Å²) in [7, 11) is 0. The first-order valence-electron chi connectivity index (χ1n) is 12.8. The summed E-state index contributed by atoms with van der Waals surface area (Å²) in [6, 6.07) is 13.8. The lowest BCUT2D eigenvalue weighted by molar-refractivity contribution is -0.115. The smallest absolute Gasteiger partial charge is 0.233 e. The maximum Gasteiger partial charge on any atom is 0.233 e. The number of aryl methyl sites for hydroxylation is 1. The number of hydrogen-bond acceptors (Lipinski definition) is 5. The van der Waals surface area contributed by atoms with E-state index in [1.807, 2.05) is 49.4 Å². The Morgan fingerprint density at radius 3 is 2.24 bits per heavy atom. The molecular weight excluding hydrogens is 424 g/mol. The molecule has 0 aliphatic carbocycles. The molecule has 0 fully saturated rings. The quantitative estimate of drug-likeness (QED) is 0.221. The molecule has 1 aliphatic heterocycles. The van der Waals surface area contributed by atoms with E-state index in [1.54, 1.807) is 6.20 Å². The van der Waals surface area contributed by atoms with E-state index in [2.05, 4.69) is 27.6 Å². The molecule has 1 atom stereocenters. The third kappa shape index (κ3) is 7.83. The molecule has 0 bridgehead atoms. The van der Waals surface area contributed by atoms with E-state index in [0.29, 0.717) is 11.7 Å². The summed E-state index contributed by atoms with van der Waals surface area (Å²) in [5, 5.41) is 16.5. The van der Waals surface area contributed by atoms with Crippen molar-refractivity contribution in [1.82, 2.24) is 9.69 Å². The zero-order valence-electron chi connectivity index (χ0n) is 20.7. The molecule has 2 aromatic rings. The van der Waals surface area contributed by atoms with Gasteiger partial charge >= 0.3 is 0 Å². The number of amidine groups is 1. The van der Waals surface area contributed by atoms with Crippen LogP contribution in [0.4, 0.5) is 11.5 Å². The van der Waals surface area contributed by atoms with Crippen molar-refractivity contribution in [3.8, 4) is 0 Å². The highest BCUT2D eigenvalue weighted by Gasteiger charge is 2.37. The van der Waals surface area contributed by atoms with Crippen molar-refractivity contribution < 1.29 is 4.79 Å². The Balaban J connectivity index is 1.52. The third-order valence-corrected chi connectivity index (χ3v) is 6.17. The minimum absolute atomic E-state index is 0.0738. The van der Waals surface area contributed by atoms with E-state index >= 15 is 0 Å². The SMILES string of the molecule is CCCCCCCCCCCC[N+]1(c2ccccc2)N=NC(CC(=O)Nc2ncccc2C)=N1. The number of quaternary nitrogens is 1. The van der Waals surface area contributed by atoms with E-state index < -0.39 is 0 Å². The Labute approximate surface area is 204 Å². The van der Waals surface area contributed by atoms with Crippen LogP contribution in [0.1, 0.15) is 83.1 Å². The first kappa shape index (κ1) is 25.7. The van der Waals surface area contributed by atoms with Crippen LogP contribution in [-0.4, -0.2) is 23.3 Å². The monoisotopic (exact) mass is 463 g/mol. The van der Waals surface area contributed by atoms with Gasteiger partial charge in [-0.2, -0.15) is 0 Å². The number of nitrogens with one attached hydrogen (secondary N) is 1. The minimum atomic E-state index is -0.188. The summed E-state index contributed by atoms with van der Waals surface area (Å²) in [6.07, 6.45) is 14.5. The van der Waals surface area contributed by atoms with Crippen LogP contribution in [0.3, 0.4) is 0 Å².